The molecule has 2 aromatic heterocycles. The van der Waals surface area contributed by atoms with Crippen molar-refractivity contribution in [1.82, 2.24) is 20.3 Å². The number of aryl methyl sites for hydroxylation is 1. The first kappa shape index (κ1) is 13.9. The minimum absolute atomic E-state index is 0.594. The fourth-order valence-corrected chi connectivity index (χ4v) is 3.63. The van der Waals surface area contributed by atoms with Gasteiger partial charge >= 0.3 is 0 Å². The largest absolute Gasteiger partial charge is 0.378 e. The van der Waals surface area contributed by atoms with E-state index in [0.29, 0.717) is 18.4 Å². The Hall–Kier alpha value is -1.74. The SMILES string of the molecule is C1CN(c2n[nH]c(NCc3noc4c3CSCC4)n2)CCO1. The summed E-state index contributed by atoms with van der Waals surface area (Å²) in [5, 5.41) is 14.6. The zero-order valence-electron chi connectivity index (χ0n) is 12.2. The van der Waals surface area contributed by atoms with Crippen molar-refractivity contribution in [3.05, 3.63) is 17.0 Å². The van der Waals surface area contributed by atoms with Crippen LogP contribution in [-0.4, -0.2) is 52.4 Å². The molecule has 2 aliphatic rings. The van der Waals surface area contributed by atoms with E-state index in [9.17, 15) is 0 Å². The predicted octanol–water partition coefficient (Wildman–Crippen LogP) is 1.03. The molecule has 0 aliphatic carbocycles. The standard InChI is InChI=1S/C13H18N6O2S/c1-6-22-8-9-10(18-21-11(1)9)7-14-12-15-13(17-16-12)19-2-4-20-5-3-19/h1-8H2,(H2,14,15,16,17). The Morgan fingerprint density at radius 2 is 2.23 bits per heavy atom. The maximum atomic E-state index is 5.40. The molecule has 0 aromatic carbocycles. The van der Waals surface area contributed by atoms with Crippen molar-refractivity contribution < 1.29 is 9.26 Å². The Balaban J connectivity index is 1.39. The number of anilines is 2. The lowest BCUT2D eigenvalue weighted by Gasteiger charge is -2.25. The van der Waals surface area contributed by atoms with Crippen LogP contribution in [-0.2, 0) is 23.5 Å². The van der Waals surface area contributed by atoms with E-state index in [-0.39, 0.29) is 0 Å². The van der Waals surface area contributed by atoms with E-state index in [1.165, 1.54) is 5.56 Å². The Bertz CT molecular complexity index is 636. The van der Waals surface area contributed by atoms with Gasteiger partial charge in [0.15, 0.2) is 0 Å². The van der Waals surface area contributed by atoms with Crippen molar-refractivity contribution in [2.45, 2.75) is 18.7 Å². The summed E-state index contributed by atoms with van der Waals surface area (Å²) in [5.74, 6) is 4.48. The second kappa shape index (κ2) is 6.17. The zero-order chi connectivity index (χ0) is 14.8. The maximum absolute atomic E-state index is 5.40. The number of ether oxygens (including phenoxy) is 1. The van der Waals surface area contributed by atoms with Gasteiger partial charge in [-0.05, 0) is 0 Å². The molecule has 0 amide bonds. The molecule has 2 N–H and O–H groups in total. The zero-order valence-corrected chi connectivity index (χ0v) is 13.0. The molecule has 22 heavy (non-hydrogen) atoms. The third-order valence-corrected chi connectivity index (χ3v) is 4.85. The number of aromatic amines is 1. The van der Waals surface area contributed by atoms with Crippen LogP contribution in [0.3, 0.4) is 0 Å². The summed E-state index contributed by atoms with van der Waals surface area (Å²) < 4.78 is 10.7. The van der Waals surface area contributed by atoms with E-state index in [4.69, 9.17) is 9.26 Å². The summed E-state index contributed by atoms with van der Waals surface area (Å²) in [6.45, 7) is 3.69. The van der Waals surface area contributed by atoms with E-state index >= 15 is 0 Å². The van der Waals surface area contributed by atoms with Crippen LogP contribution in [0.4, 0.5) is 11.9 Å². The minimum Gasteiger partial charge on any atom is -0.378 e. The first-order valence-electron chi connectivity index (χ1n) is 7.43. The number of nitrogens with zero attached hydrogens (tertiary/aromatic N) is 4. The molecule has 2 aromatic rings. The Morgan fingerprint density at radius 1 is 1.32 bits per heavy atom. The van der Waals surface area contributed by atoms with Crippen molar-refractivity contribution in [3.63, 3.8) is 0 Å². The average molecular weight is 322 g/mol. The van der Waals surface area contributed by atoms with Gasteiger partial charge in [-0.1, -0.05) is 5.16 Å². The second-order valence-corrected chi connectivity index (χ2v) is 6.38. The van der Waals surface area contributed by atoms with Crippen LogP contribution in [0, 0.1) is 0 Å². The smallest absolute Gasteiger partial charge is 0.246 e. The molecular weight excluding hydrogens is 304 g/mol. The lowest BCUT2D eigenvalue weighted by molar-refractivity contribution is 0.122. The first-order valence-corrected chi connectivity index (χ1v) is 8.58. The van der Waals surface area contributed by atoms with Gasteiger partial charge in [0, 0.05) is 36.6 Å². The van der Waals surface area contributed by atoms with Crippen molar-refractivity contribution in [2.24, 2.45) is 0 Å². The molecule has 0 bridgehead atoms. The highest BCUT2D eigenvalue weighted by Gasteiger charge is 2.20. The predicted molar refractivity (Wildman–Crippen MR) is 83.1 cm³/mol. The number of rotatable bonds is 4. The van der Waals surface area contributed by atoms with Crippen molar-refractivity contribution in [2.75, 3.05) is 42.3 Å². The van der Waals surface area contributed by atoms with Crippen molar-refractivity contribution >= 4 is 23.7 Å². The summed E-state index contributed by atoms with van der Waals surface area (Å²) in [6, 6.07) is 0. The molecule has 0 radical (unpaired) electrons. The van der Waals surface area contributed by atoms with E-state index in [1.807, 2.05) is 11.8 Å². The Kier molecular flexibility index (Phi) is 3.90. The lowest BCUT2D eigenvalue weighted by Crippen LogP contribution is -2.36. The number of fused-ring (bicyclic) bond motifs is 1. The number of hydrogen-bond acceptors (Lipinski definition) is 8. The average Bonchev–Trinajstić information content (AvgIpc) is 3.21. The lowest BCUT2D eigenvalue weighted by atomic mass is 10.2. The van der Waals surface area contributed by atoms with Gasteiger partial charge in [-0.3, -0.25) is 0 Å². The number of nitrogens with one attached hydrogen (secondary N) is 2. The summed E-state index contributed by atoms with van der Waals surface area (Å²) in [7, 11) is 0. The monoisotopic (exact) mass is 322 g/mol. The highest BCUT2D eigenvalue weighted by molar-refractivity contribution is 7.98. The third-order valence-electron chi connectivity index (χ3n) is 3.86. The summed E-state index contributed by atoms with van der Waals surface area (Å²) in [5.41, 5.74) is 2.20. The first-order chi connectivity index (χ1) is 10.9. The van der Waals surface area contributed by atoms with Crippen molar-refractivity contribution in [3.8, 4) is 0 Å². The molecule has 2 aliphatic heterocycles. The molecule has 1 fully saturated rings. The summed E-state index contributed by atoms with van der Waals surface area (Å²) in [4.78, 5) is 6.59. The van der Waals surface area contributed by atoms with Crippen LogP contribution in [0.25, 0.3) is 0 Å². The molecule has 4 heterocycles. The number of morpholine rings is 1. The van der Waals surface area contributed by atoms with Crippen LogP contribution in [0.5, 0.6) is 0 Å². The fraction of sp³-hybridized carbons (Fsp3) is 0.615. The molecule has 118 valence electrons. The Labute approximate surface area is 132 Å². The molecule has 0 unspecified atom stereocenters. The van der Waals surface area contributed by atoms with Gasteiger partial charge in [0.1, 0.15) is 11.5 Å². The van der Waals surface area contributed by atoms with Gasteiger partial charge in [-0.15, -0.1) is 5.10 Å². The maximum Gasteiger partial charge on any atom is 0.246 e. The minimum atomic E-state index is 0.594. The van der Waals surface area contributed by atoms with E-state index in [1.54, 1.807) is 0 Å². The third kappa shape index (κ3) is 2.78. The molecule has 4 rings (SSSR count). The van der Waals surface area contributed by atoms with Crippen LogP contribution in [0.1, 0.15) is 17.0 Å². The number of hydrogen-bond donors (Lipinski definition) is 2. The number of H-pyrrole nitrogens is 1. The van der Waals surface area contributed by atoms with Crippen LogP contribution in [0.15, 0.2) is 4.52 Å². The van der Waals surface area contributed by atoms with Gasteiger partial charge in [0.25, 0.3) is 0 Å². The summed E-state index contributed by atoms with van der Waals surface area (Å²) in [6.07, 6.45) is 0.969. The number of thioether (sulfide) groups is 1. The molecule has 0 spiro atoms. The van der Waals surface area contributed by atoms with Gasteiger partial charge < -0.3 is 19.5 Å². The molecular formula is C13H18N6O2S. The van der Waals surface area contributed by atoms with Crippen LogP contribution < -0.4 is 10.2 Å². The summed E-state index contributed by atoms with van der Waals surface area (Å²) >= 11 is 1.92. The molecule has 9 heteroatoms. The van der Waals surface area contributed by atoms with Gasteiger partial charge in [0.05, 0.1) is 19.8 Å². The Morgan fingerprint density at radius 3 is 3.14 bits per heavy atom. The van der Waals surface area contributed by atoms with Gasteiger partial charge in [-0.2, -0.15) is 16.7 Å². The normalized spacial score (nSPS) is 18.3. The molecule has 0 saturated carbocycles. The fourth-order valence-electron chi connectivity index (χ4n) is 2.62. The number of aromatic nitrogens is 4. The quantitative estimate of drug-likeness (QED) is 0.862. The van der Waals surface area contributed by atoms with Crippen LogP contribution >= 0.6 is 11.8 Å². The molecule has 0 atom stereocenters. The second-order valence-electron chi connectivity index (χ2n) is 5.27. The van der Waals surface area contributed by atoms with Crippen molar-refractivity contribution in [1.29, 1.82) is 0 Å². The van der Waals surface area contributed by atoms with E-state index in [0.717, 1.165) is 55.7 Å². The van der Waals surface area contributed by atoms with Crippen LogP contribution in [0.2, 0.25) is 0 Å². The highest BCUT2D eigenvalue weighted by atomic mass is 32.2. The topological polar surface area (TPSA) is 92.1 Å². The molecule has 1 saturated heterocycles. The van der Waals surface area contributed by atoms with E-state index < -0.39 is 0 Å². The van der Waals surface area contributed by atoms with E-state index in [2.05, 4.69) is 30.6 Å². The highest BCUT2D eigenvalue weighted by Crippen LogP contribution is 2.27. The van der Waals surface area contributed by atoms with Gasteiger partial charge in [0.2, 0.25) is 11.9 Å². The van der Waals surface area contributed by atoms with Gasteiger partial charge in [-0.25, -0.2) is 5.10 Å². The molecule has 8 nitrogen and oxygen atoms in total.